The monoisotopic (exact) mass is 375 g/mol. The van der Waals surface area contributed by atoms with Crippen LogP contribution in [0.3, 0.4) is 0 Å². The van der Waals surface area contributed by atoms with Crippen LogP contribution in [0, 0.1) is 0 Å². The number of halogens is 1. The minimum Gasteiger partial charge on any atom is -0.300 e. The molecule has 0 bridgehead atoms. The van der Waals surface area contributed by atoms with Crippen LogP contribution in [0.4, 0.5) is 5.13 Å². The highest BCUT2D eigenvalue weighted by Crippen LogP contribution is 2.26. The van der Waals surface area contributed by atoms with Crippen molar-refractivity contribution >= 4 is 45.7 Å². The molecule has 0 atom stereocenters. The van der Waals surface area contributed by atoms with Gasteiger partial charge in [0.2, 0.25) is 11.0 Å². The summed E-state index contributed by atoms with van der Waals surface area (Å²) < 4.78 is 0. The van der Waals surface area contributed by atoms with Gasteiger partial charge in [0.1, 0.15) is 5.01 Å². The van der Waals surface area contributed by atoms with Crippen molar-refractivity contribution in [3.8, 4) is 10.6 Å². The highest BCUT2D eigenvalue weighted by Gasteiger charge is 2.09. The Kier molecular flexibility index (Phi) is 5.85. The quantitative estimate of drug-likeness (QED) is 0.676. The first-order valence-electron chi connectivity index (χ1n) is 7.22. The first-order chi connectivity index (χ1) is 11.7. The lowest BCUT2D eigenvalue weighted by Crippen LogP contribution is -2.13. The van der Waals surface area contributed by atoms with Crippen LogP contribution in [-0.2, 0) is 10.5 Å². The summed E-state index contributed by atoms with van der Waals surface area (Å²) in [4.78, 5) is 12.0. The number of benzene rings is 2. The molecule has 0 unspecified atom stereocenters. The van der Waals surface area contributed by atoms with Gasteiger partial charge in [0.25, 0.3) is 0 Å². The lowest BCUT2D eigenvalue weighted by atomic mass is 10.2. The number of nitrogens with one attached hydrogen (secondary N) is 1. The number of nitrogens with zero attached hydrogens (tertiary/aromatic N) is 2. The average Bonchev–Trinajstić information content (AvgIpc) is 3.06. The smallest absolute Gasteiger partial charge is 0.236 e. The molecule has 0 saturated carbocycles. The molecule has 3 aromatic rings. The first kappa shape index (κ1) is 17.0. The molecular weight excluding hydrogens is 362 g/mol. The molecule has 7 heteroatoms. The Hall–Kier alpha value is -1.89. The lowest BCUT2D eigenvalue weighted by Gasteiger charge is -2.02. The third-order valence-electron chi connectivity index (χ3n) is 3.11. The van der Waals surface area contributed by atoms with E-state index in [0.717, 1.165) is 21.9 Å². The Bertz CT molecular complexity index is 806. The first-order valence-corrected chi connectivity index (χ1v) is 9.56. The Balaban J connectivity index is 1.48. The van der Waals surface area contributed by atoms with Gasteiger partial charge in [-0.1, -0.05) is 65.4 Å². The molecular formula is C17H14ClN3OS2. The van der Waals surface area contributed by atoms with E-state index in [1.807, 2.05) is 54.6 Å². The number of thioether (sulfide) groups is 1. The van der Waals surface area contributed by atoms with Crippen molar-refractivity contribution in [2.24, 2.45) is 0 Å². The van der Waals surface area contributed by atoms with Gasteiger partial charge in [0, 0.05) is 16.3 Å². The summed E-state index contributed by atoms with van der Waals surface area (Å²) in [6.45, 7) is 0. The zero-order valence-corrected chi connectivity index (χ0v) is 15.0. The number of anilines is 1. The molecule has 0 fully saturated rings. The Morgan fingerprint density at radius 1 is 1.08 bits per heavy atom. The molecule has 3 rings (SSSR count). The summed E-state index contributed by atoms with van der Waals surface area (Å²) in [7, 11) is 0. The minimum absolute atomic E-state index is 0.0790. The predicted octanol–water partition coefficient (Wildman–Crippen LogP) is 4.73. The molecule has 0 saturated heterocycles. The van der Waals surface area contributed by atoms with E-state index in [0.29, 0.717) is 15.9 Å². The number of hydrogen-bond donors (Lipinski definition) is 1. The maximum absolute atomic E-state index is 12.0. The summed E-state index contributed by atoms with van der Waals surface area (Å²) in [6, 6.07) is 17.4. The molecule has 0 aliphatic rings. The second kappa shape index (κ2) is 8.28. The summed E-state index contributed by atoms with van der Waals surface area (Å²) in [5.74, 6) is 1.04. The summed E-state index contributed by atoms with van der Waals surface area (Å²) >= 11 is 8.76. The summed E-state index contributed by atoms with van der Waals surface area (Å²) in [5.41, 5.74) is 2.13. The van der Waals surface area contributed by atoms with Crippen LogP contribution < -0.4 is 5.32 Å². The second-order valence-electron chi connectivity index (χ2n) is 4.95. The zero-order chi connectivity index (χ0) is 16.8. The van der Waals surface area contributed by atoms with E-state index in [2.05, 4.69) is 15.5 Å². The second-order valence-corrected chi connectivity index (χ2v) is 7.35. The molecule has 24 heavy (non-hydrogen) atoms. The SMILES string of the molecule is O=C(CSCc1ccc(Cl)cc1)Nc1nnc(-c2ccccc2)s1. The van der Waals surface area contributed by atoms with Crippen molar-refractivity contribution in [3.63, 3.8) is 0 Å². The van der Waals surface area contributed by atoms with Gasteiger partial charge in [-0.3, -0.25) is 10.1 Å². The van der Waals surface area contributed by atoms with Crippen molar-refractivity contribution in [1.29, 1.82) is 0 Å². The number of amides is 1. The van der Waals surface area contributed by atoms with E-state index in [1.165, 1.54) is 11.3 Å². The van der Waals surface area contributed by atoms with Crippen LogP contribution in [0.25, 0.3) is 10.6 Å². The number of rotatable bonds is 6. The van der Waals surface area contributed by atoms with Crippen molar-refractivity contribution in [2.75, 3.05) is 11.1 Å². The summed E-state index contributed by atoms with van der Waals surface area (Å²) in [5, 5.41) is 12.9. The third-order valence-corrected chi connectivity index (χ3v) is 5.25. The Morgan fingerprint density at radius 2 is 1.83 bits per heavy atom. The fourth-order valence-corrected chi connectivity index (χ4v) is 3.65. The van der Waals surface area contributed by atoms with E-state index >= 15 is 0 Å². The van der Waals surface area contributed by atoms with Crippen molar-refractivity contribution < 1.29 is 4.79 Å². The van der Waals surface area contributed by atoms with E-state index in [9.17, 15) is 4.79 Å². The van der Waals surface area contributed by atoms with Gasteiger partial charge in [-0.25, -0.2) is 0 Å². The molecule has 1 N–H and O–H groups in total. The van der Waals surface area contributed by atoms with Crippen LogP contribution in [0.15, 0.2) is 54.6 Å². The van der Waals surface area contributed by atoms with E-state index in [4.69, 9.17) is 11.6 Å². The maximum atomic E-state index is 12.0. The van der Waals surface area contributed by atoms with E-state index in [-0.39, 0.29) is 5.91 Å². The van der Waals surface area contributed by atoms with Crippen LogP contribution in [0.2, 0.25) is 5.02 Å². The average molecular weight is 376 g/mol. The van der Waals surface area contributed by atoms with Crippen molar-refractivity contribution in [1.82, 2.24) is 10.2 Å². The van der Waals surface area contributed by atoms with Gasteiger partial charge in [-0.05, 0) is 17.7 Å². The summed E-state index contributed by atoms with van der Waals surface area (Å²) in [6.07, 6.45) is 0. The van der Waals surface area contributed by atoms with Gasteiger partial charge in [-0.2, -0.15) is 0 Å². The highest BCUT2D eigenvalue weighted by atomic mass is 35.5. The number of carbonyl (C=O) groups is 1. The molecule has 2 aromatic carbocycles. The van der Waals surface area contributed by atoms with Gasteiger partial charge < -0.3 is 0 Å². The molecule has 0 aliphatic heterocycles. The fraction of sp³-hybridized carbons (Fsp3) is 0.118. The molecule has 1 heterocycles. The fourth-order valence-electron chi connectivity index (χ4n) is 1.97. The molecule has 122 valence electrons. The zero-order valence-electron chi connectivity index (χ0n) is 12.6. The number of hydrogen-bond acceptors (Lipinski definition) is 5. The largest absolute Gasteiger partial charge is 0.300 e. The molecule has 0 aliphatic carbocycles. The van der Waals surface area contributed by atoms with E-state index < -0.39 is 0 Å². The van der Waals surface area contributed by atoms with E-state index in [1.54, 1.807) is 11.8 Å². The van der Waals surface area contributed by atoms with Crippen LogP contribution in [-0.4, -0.2) is 21.9 Å². The standard InChI is InChI=1S/C17H14ClN3OS2/c18-14-8-6-12(7-9-14)10-23-11-15(22)19-17-21-20-16(24-17)13-4-2-1-3-5-13/h1-9H,10-11H2,(H,19,21,22). The van der Waals surface area contributed by atoms with Crippen LogP contribution in [0.5, 0.6) is 0 Å². The molecule has 1 aromatic heterocycles. The number of aromatic nitrogens is 2. The number of carbonyl (C=O) groups excluding carboxylic acids is 1. The topological polar surface area (TPSA) is 54.9 Å². The van der Waals surface area contributed by atoms with Gasteiger partial charge in [0.05, 0.1) is 5.75 Å². The maximum Gasteiger partial charge on any atom is 0.236 e. The normalized spacial score (nSPS) is 10.5. The highest BCUT2D eigenvalue weighted by molar-refractivity contribution is 7.99. The van der Waals surface area contributed by atoms with Crippen molar-refractivity contribution in [3.05, 3.63) is 65.2 Å². The third kappa shape index (κ3) is 4.80. The van der Waals surface area contributed by atoms with Crippen molar-refractivity contribution in [2.45, 2.75) is 5.75 Å². The Morgan fingerprint density at radius 3 is 2.58 bits per heavy atom. The van der Waals surface area contributed by atoms with Gasteiger partial charge >= 0.3 is 0 Å². The predicted molar refractivity (Wildman–Crippen MR) is 102 cm³/mol. The van der Waals surface area contributed by atoms with Crippen LogP contribution in [0.1, 0.15) is 5.56 Å². The molecule has 4 nitrogen and oxygen atoms in total. The van der Waals surface area contributed by atoms with Crippen LogP contribution >= 0.6 is 34.7 Å². The molecule has 0 radical (unpaired) electrons. The van der Waals surface area contributed by atoms with Gasteiger partial charge in [0.15, 0.2) is 0 Å². The molecule has 0 spiro atoms. The molecule has 1 amide bonds. The Labute approximate surface area is 153 Å². The van der Waals surface area contributed by atoms with Gasteiger partial charge in [-0.15, -0.1) is 22.0 Å². The lowest BCUT2D eigenvalue weighted by molar-refractivity contribution is -0.113. The minimum atomic E-state index is -0.0790.